The lowest BCUT2D eigenvalue weighted by Crippen LogP contribution is -2.42. The van der Waals surface area contributed by atoms with Gasteiger partial charge >= 0.3 is 0 Å². The van der Waals surface area contributed by atoms with Gasteiger partial charge in [0.25, 0.3) is 0 Å². The Kier molecular flexibility index (Phi) is 5.98. The molecular weight excluding hydrogens is 224 g/mol. The number of carbonyl (C=O) groups excluding carboxylic acids is 1. The van der Waals surface area contributed by atoms with Gasteiger partial charge in [-0.1, -0.05) is 12.8 Å². The van der Waals surface area contributed by atoms with Crippen LogP contribution in [0.2, 0.25) is 0 Å². The van der Waals surface area contributed by atoms with E-state index in [0.29, 0.717) is 18.3 Å². The third-order valence-electron chi connectivity index (χ3n) is 2.82. The largest absolute Gasteiger partial charge is 0.352 e. The number of amides is 1. The average Bonchev–Trinajstić information content (AvgIpc) is 2.66. The quantitative estimate of drug-likeness (QED) is 0.713. The summed E-state index contributed by atoms with van der Waals surface area (Å²) in [5.41, 5.74) is 0. The van der Waals surface area contributed by atoms with Gasteiger partial charge in [0, 0.05) is 34.9 Å². The molecule has 2 unspecified atom stereocenters. The van der Waals surface area contributed by atoms with Crippen molar-refractivity contribution in [3.8, 4) is 0 Å². The van der Waals surface area contributed by atoms with E-state index >= 15 is 0 Å². The van der Waals surface area contributed by atoms with E-state index in [2.05, 4.69) is 10.6 Å². The predicted octanol–water partition coefficient (Wildman–Crippen LogP) is 0.402. The van der Waals surface area contributed by atoms with Crippen LogP contribution in [0.3, 0.4) is 0 Å². The molecular formula is C11H22N2O2S. The highest BCUT2D eigenvalue weighted by Crippen LogP contribution is 2.17. The third-order valence-corrected chi connectivity index (χ3v) is 3.79. The summed E-state index contributed by atoms with van der Waals surface area (Å²) in [5, 5.41) is 6.09. The summed E-state index contributed by atoms with van der Waals surface area (Å²) in [4.78, 5) is 11.5. The Morgan fingerprint density at radius 2 is 2.06 bits per heavy atom. The second-order valence-electron chi connectivity index (χ2n) is 4.57. The van der Waals surface area contributed by atoms with Crippen LogP contribution in [0.4, 0.5) is 0 Å². The van der Waals surface area contributed by atoms with Crippen molar-refractivity contribution >= 4 is 16.7 Å². The monoisotopic (exact) mass is 246 g/mol. The Morgan fingerprint density at radius 3 is 2.62 bits per heavy atom. The fourth-order valence-corrected chi connectivity index (χ4v) is 2.85. The smallest absolute Gasteiger partial charge is 0.234 e. The first-order chi connectivity index (χ1) is 7.58. The lowest BCUT2D eigenvalue weighted by atomic mass is 10.2. The number of nitrogens with one attached hydrogen (secondary N) is 2. The molecule has 1 saturated carbocycles. The van der Waals surface area contributed by atoms with E-state index < -0.39 is 10.8 Å². The third kappa shape index (κ3) is 5.61. The summed E-state index contributed by atoms with van der Waals surface area (Å²) < 4.78 is 10.9. The van der Waals surface area contributed by atoms with Crippen molar-refractivity contribution in [2.75, 3.05) is 18.6 Å². The van der Waals surface area contributed by atoms with Crippen molar-refractivity contribution in [3.05, 3.63) is 0 Å². The fourth-order valence-electron chi connectivity index (χ4n) is 2.03. The maximum atomic E-state index is 11.5. The van der Waals surface area contributed by atoms with Crippen molar-refractivity contribution < 1.29 is 9.00 Å². The molecule has 0 aliphatic heterocycles. The lowest BCUT2D eigenvalue weighted by Gasteiger charge is -2.15. The molecule has 94 valence electrons. The summed E-state index contributed by atoms with van der Waals surface area (Å²) in [5.74, 6) is 0.650. The van der Waals surface area contributed by atoms with E-state index in [1.807, 2.05) is 6.92 Å². The Morgan fingerprint density at radius 1 is 1.44 bits per heavy atom. The molecule has 0 radical (unpaired) electrons. The summed E-state index contributed by atoms with van der Waals surface area (Å²) in [6.07, 6.45) is 6.35. The van der Waals surface area contributed by atoms with Crippen molar-refractivity contribution in [3.63, 3.8) is 0 Å². The van der Waals surface area contributed by atoms with Gasteiger partial charge in [0.05, 0.1) is 6.54 Å². The first-order valence-corrected chi connectivity index (χ1v) is 7.63. The zero-order valence-electron chi connectivity index (χ0n) is 10.1. The molecule has 1 rings (SSSR count). The molecule has 1 aliphatic carbocycles. The number of carbonyl (C=O) groups is 1. The minimum absolute atomic E-state index is 0.0561. The minimum Gasteiger partial charge on any atom is -0.352 e. The molecule has 0 heterocycles. The summed E-state index contributed by atoms with van der Waals surface area (Å²) in [6, 6.07) is 0.505. The predicted molar refractivity (Wildman–Crippen MR) is 66.8 cm³/mol. The molecule has 2 atom stereocenters. The highest BCUT2D eigenvalue weighted by molar-refractivity contribution is 7.84. The minimum atomic E-state index is -0.809. The van der Waals surface area contributed by atoms with E-state index in [4.69, 9.17) is 0 Å². The van der Waals surface area contributed by atoms with Gasteiger partial charge in [-0.3, -0.25) is 9.00 Å². The maximum Gasteiger partial charge on any atom is 0.234 e. The van der Waals surface area contributed by atoms with Crippen LogP contribution in [0.5, 0.6) is 0 Å². The van der Waals surface area contributed by atoms with Crippen LogP contribution in [-0.4, -0.2) is 40.8 Å². The molecule has 2 N–H and O–H groups in total. The van der Waals surface area contributed by atoms with Gasteiger partial charge in [-0.2, -0.15) is 0 Å². The SMILES string of the molecule is CC(CS(C)=O)NCC(=O)NC1CCCC1. The zero-order valence-corrected chi connectivity index (χ0v) is 10.9. The molecule has 0 aromatic rings. The van der Waals surface area contributed by atoms with Crippen molar-refractivity contribution in [2.24, 2.45) is 0 Å². The molecule has 16 heavy (non-hydrogen) atoms. The standard InChI is InChI=1S/C11H22N2O2S/c1-9(8-16(2)15)12-7-11(14)13-10-5-3-4-6-10/h9-10,12H,3-8H2,1-2H3,(H,13,14). The highest BCUT2D eigenvalue weighted by Gasteiger charge is 2.17. The van der Waals surface area contributed by atoms with E-state index in [9.17, 15) is 9.00 Å². The van der Waals surface area contributed by atoms with Crippen molar-refractivity contribution in [2.45, 2.75) is 44.7 Å². The molecule has 1 fully saturated rings. The molecule has 4 nitrogen and oxygen atoms in total. The topological polar surface area (TPSA) is 58.2 Å². The average molecular weight is 246 g/mol. The highest BCUT2D eigenvalue weighted by atomic mass is 32.2. The van der Waals surface area contributed by atoms with Gasteiger partial charge in [-0.15, -0.1) is 0 Å². The number of hydrogen-bond donors (Lipinski definition) is 2. The molecule has 0 aromatic carbocycles. The van der Waals surface area contributed by atoms with Crippen molar-refractivity contribution in [1.82, 2.24) is 10.6 Å². The van der Waals surface area contributed by atoms with E-state index in [1.165, 1.54) is 12.8 Å². The molecule has 1 amide bonds. The van der Waals surface area contributed by atoms with Gasteiger partial charge in [0.15, 0.2) is 0 Å². The van der Waals surface area contributed by atoms with Gasteiger partial charge in [0.2, 0.25) is 5.91 Å². The number of hydrogen-bond acceptors (Lipinski definition) is 3. The summed E-state index contributed by atoms with van der Waals surface area (Å²) >= 11 is 0. The molecule has 0 spiro atoms. The Bertz CT molecular complexity index is 252. The first-order valence-electron chi connectivity index (χ1n) is 5.90. The van der Waals surface area contributed by atoms with E-state index in [-0.39, 0.29) is 11.9 Å². The normalized spacial score (nSPS) is 20.6. The molecule has 5 heteroatoms. The van der Waals surface area contributed by atoms with Gasteiger partial charge < -0.3 is 10.6 Å². The van der Waals surface area contributed by atoms with E-state index in [1.54, 1.807) is 6.26 Å². The van der Waals surface area contributed by atoms with E-state index in [0.717, 1.165) is 12.8 Å². The lowest BCUT2D eigenvalue weighted by molar-refractivity contribution is -0.121. The van der Waals surface area contributed by atoms with Crippen LogP contribution in [0.15, 0.2) is 0 Å². The fraction of sp³-hybridized carbons (Fsp3) is 0.909. The second-order valence-corrected chi connectivity index (χ2v) is 6.05. The molecule has 0 bridgehead atoms. The summed E-state index contributed by atoms with van der Waals surface area (Å²) in [7, 11) is -0.809. The van der Waals surface area contributed by atoms with Crippen LogP contribution in [-0.2, 0) is 15.6 Å². The van der Waals surface area contributed by atoms with Crippen LogP contribution in [0.25, 0.3) is 0 Å². The van der Waals surface area contributed by atoms with Gasteiger partial charge in [-0.05, 0) is 19.8 Å². The van der Waals surface area contributed by atoms with Gasteiger partial charge in [0.1, 0.15) is 0 Å². The molecule has 0 saturated heterocycles. The Labute approximate surface area is 100 Å². The molecule has 1 aliphatic rings. The Hall–Kier alpha value is -0.420. The van der Waals surface area contributed by atoms with Crippen LogP contribution < -0.4 is 10.6 Å². The second kappa shape index (κ2) is 7.01. The van der Waals surface area contributed by atoms with Crippen LogP contribution in [0.1, 0.15) is 32.6 Å². The summed E-state index contributed by atoms with van der Waals surface area (Å²) in [6.45, 7) is 2.28. The zero-order chi connectivity index (χ0) is 12.0. The first kappa shape index (κ1) is 13.6. The van der Waals surface area contributed by atoms with Gasteiger partial charge in [-0.25, -0.2) is 0 Å². The Balaban J connectivity index is 2.11. The van der Waals surface area contributed by atoms with Crippen LogP contribution >= 0.6 is 0 Å². The van der Waals surface area contributed by atoms with Crippen LogP contribution in [0, 0.1) is 0 Å². The van der Waals surface area contributed by atoms with Crippen molar-refractivity contribution in [1.29, 1.82) is 0 Å². The molecule has 0 aromatic heterocycles. The number of rotatable bonds is 6. The maximum absolute atomic E-state index is 11.5.